The molecule has 0 aliphatic carbocycles. The fourth-order valence-corrected chi connectivity index (χ4v) is 1.60. The molecule has 14 heavy (non-hydrogen) atoms. The predicted octanol–water partition coefficient (Wildman–Crippen LogP) is 1.52. The Balaban J connectivity index is 3.01. The zero-order valence-corrected chi connectivity index (χ0v) is 9.47. The summed E-state index contributed by atoms with van der Waals surface area (Å²) in [7, 11) is 0. The maximum atomic E-state index is 9.60. The number of phenols is 1. The quantitative estimate of drug-likeness (QED) is 0.567. The first kappa shape index (κ1) is 11.3. The van der Waals surface area contributed by atoms with Gasteiger partial charge in [-0.15, -0.1) is 0 Å². The Kier molecular flexibility index (Phi) is 4.19. The number of hydrogen-bond acceptors (Lipinski definition) is 4. The van der Waals surface area contributed by atoms with E-state index in [-0.39, 0.29) is 5.75 Å². The summed E-state index contributed by atoms with van der Waals surface area (Å²) in [5.41, 5.74) is 3.49. The molecule has 0 heterocycles. The number of halogens is 1. The first-order valence-electron chi connectivity index (χ1n) is 4.26. The standard InChI is InChI=1S/C9H13BrN2O2/c1-2-14-8-4-6(5-12-11)3-7(10)9(8)13/h3-4,12-13H,2,5,11H2,1H3. The van der Waals surface area contributed by atoms with Crippen LogP contribution >= 0.6 is 15.9 Å². The van der Waals surface area contributed by atoms with Gasteiger partial charge in [0.2, 0.25) is 0 Å². The van der Waals surface area contributed by atoms with Gasteiger partial charge in [0.15, 0.2) is 11.5 Å². The Morgan fingerprint density at radius 1 is 1.57 bits per heavy atom. The number of rotatable bonds is 4. The number of ether oxygens (including phenoxy) is 1. The van der Waals surface area contributed by atoms with Crippen molar-refractivity contribution in [3.8, 4) is 11.5 Å². The van der Waals surface area contributed by atoms with Gasteiger partial charge in [0.1, 0.15) is 0 Å². The summed E-state index contributed by atoms with van der Waals surface area (Å²) >= 11 is 3.24. The van der Waals surface area contributed by atoms with Crippen LogP contribution in [0.2, 0.25) is 0 Å². The molecule has 5 heteroatoms. The summed E-state index contributed by atoms with van der Waals surface area (Å²) < 4.78 is 5.86. The third-order valence-electron chi connectivity index (χ3n) is 1.69. The lowest BCUT2D eigenvalue weighted by Gasteiger charge is -2.09. The van der Waals surface area contributed by atoms with Crippen molar-refractivity contribution in [3.05, 3.63) is 22.2 Å². The number of hydrogen-bond donors (Lipinski definition) is 3. The lowest BCUT2D eigenvalue weighted by atomic mass is 10.2. The minimum Gasteiger partial charge on any atom is -0.503 e. The van der Waals surface area contributed by atoms with Gasteiger partial charge in [-0.05, 0) is 40.5 Å². The molecule has 0 saturated carbocycles. The molecule has 4 nitrogen and oxygen atoms in total. The summed E-state index contributed by atoms with van der Waals surface area (Å²) in [5.74, 6) is 5.79. The van der Waals surface area contributed by atoms with Gasteiger partial charge in [-0.25, -0.2) is 0 Å². The van der Waals surface area contributed by atoms with E-state index in [1.807, 2.05) is 6.92 Å². The van der Waals surface area contributed by atoms with Crippen molar-refractivity contribution in [3.63, 3.8) is 0 Å². The van der Waals surface area contributed by atoms with Crippen LogP contribution in [-0.2, 0) is 6.54 Å². The van der Waals surface area contributed by atoms with E-state index in [1.54, 1.807) is 12.1 Å². The minimum atomic E-state index is 0.118. The third-order valence-corrected chi connectivity index (χ3v) is 2.30. The van der Waals surface area contributed by atoms with Gasteiger partial charge in [-0.3, -0.25) is 11.3 Å². The Hall–Kier alpha value is -0.780. The smallest absolute Gasteiger partial charge is 0.172 e. The van der Waals surface area contributed by atoms with E-state index in [2.05, 4.69) is 21.4 Å². The molecule has 0 atom stereocenters. The number of nitrogens with one attached hydrogen (secondary N) is 1. The van der Waals surface area contributed by atoms with E-state index >= 15 is 0 Å². The van der Waals surface area contributed by atoms with Crippen LogP contribution in [0, 0.1) is 0 Å². The summed E-state index contributed by atoms with van der Waals surface area (Å²) in [6.07, 6.45) is 0. The van der Waals surface area contributed by atoms with Gasteiger partial charge in [0.25, 0.3) is 0 Å². The van der Waals surface area contributed by atoms with Crippen LogP contribution in [-0.4, -0.2) is 11.7 Å². The SMILES string of the molecule is CCOc1cc(CNN)cc(Br)c1O. The molecule has 0 aromatic heterocycles. The summed E-state index contributed by atoms with van der Waals surface area (Å²) in [6.45, 7) is 2.90. The van der Waals surface area contributed by atoms with Crippen molar-refractivity contribution < 1.29 is 9.84 Å². The molecule has 0 fully saturated rings. The molecular formula is C9H13BrN2O2. The zero-order valence-electron chi connectivity index (χ0n) is 7.88. The van der Waals surface area contributed by atoms with Gasteiger partial charge in [-0.2, -0.15) is 0 Å². The number of benzene rings is 1. The highest BCUT2D eigenvalue weighted by atomic mass is 79.9. The molecule has 1 aromatic rings. The molecular weight excluding hydrogens is 248 g/mol. The first-order chi connectivity index (χ1) is 6.69. The van der Waals surface area contributed by atoms with Crippen molar-refractivity contribution >= 4 is 15.9 Å². The molecule has 0 saturated heterocycles. The predicted molar refractivity (Wildman–Crippen MR) is 58.0 cm³/mol. The minimum absolute atomic E-state index is 0.118. The van der Waals surface area contributed by atoms with Crippen LogP contribution < -0.4 is 16.0 Å². The second-order valence-electron chi connectivity index (χ2n) is 2.74. The number of hydrazine groups is 1. The molecule has 78 valence electrons. The second kappa shape index (κ2) is 5.19. The largest absolute Gasteiger partial charge is 0.503 e. The van der Waals surface area contributed by atoms with E-state index in [0.29, 0.717) is 23.4 Å². The molecule has 0 bridgehead atoms. The molecule has 0 spiro atoms. The van der Waals surface area contributed by atoms with Crippen LogP contribution in [0.4, 0.5) is 0 Å². The second-order valence-corrected chi connectivity index (χ2v) is 3.59. The van der Waals surface area contributed by atoms with Crippen LogP contribution in [0.3, 0.4) is 0 Å². The van der Waals surface area contributed by atoms with Crippen LogP contribution in [0.1, 0.15) is 12.5 Å². The number of aromatic hydroxyl groups is 1. The van der Waals surface area contributed by atoms with E-state index in [1.165, 1.54) is 0 Å². The highest BCUT2D eigenvalue weighted by Crippen LogP contribution is 2.35. The molecule has 0 amide bonds. The summed E-state index contributed by atoms with van der Waals surface area (Å²) in [5, 5.41) is 9.60. The van der Waals surface area contributed by atoms with E-state index < -0.39 is 0 Å². The monoisotopic (exact) mass is 260 g/mol. The molecule has 0 aliphatic heterocycles. The van der Waals surface area contributed by atoms with Crippen LogP contribution in [0.25, 0.3) is 0 Å². The highest BCUT2D eigenvalue weighted by Gasteiger charge is 2.08. The van der Waals surface area contributed by atoms with Crippen molar-refractivity contribution in [1.82, 2.24) is 5.43 Å². The fourth-order valence-electron chi connectivity index (χ4n) is 1.11. The molecule has 4 N–H and O–H groups in total. The molecule has 1 aromatic carbocycles. The Bertz CT molecular complexity index is 318. The average Bonchev–Trinajstić information content (AvgIpc) is 2.14. The van der Waals surface area contributed by atoms with Gasteiger partial charge in [-0.1, -0.05) is 0 Å². The van der Waals surface area contributed by atoms with Gasteiger partial charge in [0, 0.05) is 6.54 Å². The lowest BCUT2D eigenvalue weighted by Crippen LogP contribution is -2.20. The first-order valence-corrected chi connectivity index (χ1v) is 5.06. The zero-order chi connectivity index (χ0) is 10.6. The van der Waals surface area contributed by atoms with Crippen LogP contribution in [0.5, 0.6) is 11.5 Å². The van der Waals surface area contributed by atoms with Gasteiger partial charge in [0.05, 0.1) is 11.1 Å². The lowest BCUT2D eigenvalue weighted by molar-refractivity contribution is 0.317. The van der Waals surface area contributed by atoms with Crippen LogP contribution in [0.15, 0.2) is 16.6 Å². The topological polar surface area (TPSA) is 67.5 Å². The number of phenolic OH excluding ortho intramolecular Hbond substituents is 1. The van der Waals surface area contributed by atoms with Crippen molar-refractivity contribution in [2.45, 2.75) is 13.5 Å². The molecule has 1 rings (SSSR count). The summed E-state index contributed by atoms with van der Waals surface area (Å²) in [6, 6.07) is 3.54. The average molecular weight is 261 g/mol. The van der Waals surface area contributed by atoms with Crippen molar-refractivity contribution in [1.29, 1.82) is 0 Å². The molecule has 0 unspecified atom stereocenters. The fraction of sp³-hybridized carbons (Fsp3) is 0.333. The summed E-state index contributed by atoms with van der Waals surface area (Å²) in [4.78, 5) is 0. The molecule has 0 aliphatic rings. The van der Waals surface area contributed by atoms with E-state index in [0.717, 1.165) is 5.56 Å². The van der Waals surface area contributed by atoms with Gasteiger partial charge >= 0.3 is 0 Å². The Morgan fingerprint density at radius 2 is 2.29 bits per heavy atom. The molecule has 0 radical (unpaired) electrons. The van der Waals surface area contributed by atoms with Crippen molar-refractivity contribution in [2.24, 2.45) is 5.84 Å². The van der Waals surface area contributed by atoms with E-state index in [9.17, 15) is 5.11 Å². The highest BCUT2D eigenvalue weighted by molar-refractivity contribution is 9.10. The van der Waals surface area contributed by atoms with E-state index in [4.69, 9.17) is 10.6 Å². The maximum absolute atomic E-state index is 9.60. The Labute approximate surface area is 91.2 Å². The third kappa shape index (κ3) is 2.60. The van der Waals surface area contributed by atoms with Crippen molar-refractivity contribution in [2.75, 3.05) is 6.61 Å². The number of nitrogens with two attached hydrogens (primary N) is 1. The Morgan fingerprint density at radius 3 is 2.86 bits per heavy atom. The normalized spacial score (nSPS) is 10.2. The maximum Gasteiger partial charge on any atom is 0.172 e. The van der Waals surface area contributed by atoms with Gasteiger partial charge < -0.3 is 9.84 Å².